The van der Waals surface area contributed by atoms with Gasteiger partial charge in [-0.2, -0.15) is 14.4 Å². The highest BCUT2D eigenvalue weighted by Crippen LogP contribution is 2.21. The van der Waals surface area contributed by atoms with Gasteiger partial charge in [0.05, 0.1) is 12.8 Å². The lowest BCUT2D eigenvalue weighted by Crippen LogP contribution is -2.23. The Labute approximate surface area is 217 Å². The van der Waals surface area contributed by atoms with E-state index in [4.69, 9.17) is 25.8 Å². The molecule has 190 valence electrons. The van der Waals surface area contributed by atoms with Gasteiger partial charge in [-0.05, 0) is 48.4 Å². The highest BCUT2D eigenvalue weighted by molar-refractivity contribution is 6.30. The van der Waals surface area contributed by atoms with Crippen molar-refractivity contribution in [2.24, 2.45) is 0 Å². The van der Waals surface area contributed by atoms with Gasteiger partial charge < -0.3 is 18.8 Å². The Kier molecular flexibility index (Phi) is 8.48. The quantitative estimate of drug-likeness (QED) is 0.218. The molecule has 0 saturated carbocycles. The zero-order valence-corrected chi connectivity index (χ0v) is 20.7. The standard InChI is InChI=1S/C27H23ClFN3O5/c1-2-35-26(33)17-36-22-16-32(15-19-6-10-20(28)11-7-19)24(31-27(22)34)14-18-8-12-21(13-9-18)37-25-5-3-4-23(29)30-25/h3-13,16H,2,14-15,17H2,1H3. The fraction of sp³-hybridized carbons (Fsp3) is 0.185. The molecule has 0 fully saturated rings. The molecule has 0 unspecified atom stereocenters. The van der Waals surface area contributed by atoms with Gasteiger partial charge in [0.25, 0.3) is 0 Å². The molecule has 0 spiro atoms. The SMILES string of the molecule is CCOC(=O)COc1cn(Cc2ccc(Cl)cc2)c(Cc2ccc(Oc3cccc(F)n3)cc2)nc1=O. The van der Waals surface area contributed by atoms with Gasteiger partial charge in [-0.25, -0.2) is 4.79 Å². The minimum atomic E-state index is -0.631. The first kappa shape index (κ1) is 25.8. The summed E-state index contributed by atoms with van der Waals surface area (Å²) in [6, 6.07) is 18.7. The monoisotopic (exact) mass is 523 g/mol. The van der Waals surface area contributed by atoms with Crippen LogP contribution in [-0.2, 0) is 22.5 Å². The number of nitrogens with zero attached hydrogens (tertiary/aromatic N) is 3. The zero-order chi connectivity index (χ0) is 26.2. The first-order valence-corrected chi connectivity index (χ1v) is 11.8. The van der Waals surface area contributed by atoms with E-state index < -0.39 is 24.1 Å². The van der Waals surface area contributed by atoms with Gasteiger partial charge in [0.15, 0.2) is 6.61 Å². The molecule has 10 heteroatoms. The molecule has 0 bridgehead atoms. The summed E-state index contributed by atoms with van der Waals surface area (Å²) in [5, 5.41) is 0.608. The van der Waals surface area contributed by atoms with Crippen molar-refractivity contribution in [3.8, 4) is 17.4 Å². The molecule has 0 N–H and O–H groups in total. The van der Waals surface area contributed by atoms with E-state index in [2.05, 4.69) is 9.97 Å². The van der Waals surface area contributed by atoms with Crippen LogP contribution in [0.4, 0.5) is 4.39 Å². The largest absolute Gasteiger partial charge is 0.475 e. The molecule has 0 aliphatic carbocycles. The Morgan fingerprint density at radius 2 is 1.73 bits per heavy atom. The number of benzene rings is 2. The Balaban J connectivity index is 1.56. The van der Waals surface area contributed by atoms with Gasteiger partial charge in [-0.1, -0.05) is 41.9 Å². The first-order chi connectivity index (χ1) is 17.9. The molecule has 4 rings (SSSR count). The molecule has 2 aromatic carbocycles. The predicted octanol–water partition coefficient (Wildman–Crippen LogP) is 4.80. The second kappa shape index (κ2) is 12.1. The minimum absolute atomic E-state index is 0.0582. The van der Waals surface area contributed by atoms with Gasteiger partial charge in [-0.3, -0.25) is 4.79 Å². The normalized spacial score (nSPS) is 10.7. The third kappa shape index (κ3) is 7.37. The van der Waals surface area contributed by atoms with E-state index >= 15 is 0 Å². The average molecular weight is 524 g/mol. The molecule has 8 nitrogen and oxygen atoms in total. The molecular formula is C27H23ClFN3O5. The lowest BCUT2D eigenvalue weighted by Gasteiger charge is -2.15. The zero-order valence-electron chi connectivity index (χ0n) is 19.9. The van der Waals surface area contributed by atoms with Crippen LogP contribution in [-0.4, -0.2) is 33.7 Å². The molecule has 0 radical (unpaired) electrons. The molecule has 2 aromatic heterocycles. The number of esters is 1. The fourth-order valence-corrected chi connectivity index (χ4v) is 3.56. The van der Waals surface area contributed by atoms with E-state index in [0.717, 1.165) is 11.1 Å². The molecule has 0 atom stereocenters. The molecule has 0 aliphatic rings. The number of carbonyl (C=O) groups is 1. The Bertz CT molecular complexity index is 1430. The minimum Gasteiger partial charge on any atom is -0.475 e. The van der Waals surface area contributed by atoms with E-state index in [-0.39, 0.29) is 18.2 Å². The molecule has 4 aromatic rings. The van der Waals surface area contributed by atoms with Gasteiger partial charge in [-0.15, -0.1) is 0 Å². The molecule has 0 saturated heterocycles. The predicted molar refractivity (Wildman–Crippen MR) is 135 cm³/mol. The Hall–Kier alpha value is -4.24. The summed E-state index contributed by atoms with van der Waals surface area (Å²) in [6.45, 7) is 1.89. The fourth-order valence-electron chi connectivity index (χ4n) is 3.44. The number of hydrogen-bond acceptors (Lipinski definition) is 7. The van der Waals surface area contributed by atoms with Crippen LogP contribution in [0, 0.1) is 5.95 Å². The number of rotatable bonds is 10. The van der Waals surface area contributed by atoms with Crippen molar-refractivity contribution in [1.82, 2.24) is 14.5 Å². The summed E-state index contributed by atoms with van der Waals surface area (Å²) >= 11 is 6.01. The average Bonchev–Trinajstić information content (AvgIpc) is 2.87. The number of carbonyl (C=O) groups excluding carboxylic acids is 1. The van der Waals surface area contributed by atoms with Gasteiger partial charge in [0, 0.05) is 24.1 Å². The van der Waals surface area contributed by atoms with Gasteiger partial charge in [0.2, 0.25) is 17.6 Å². The van der Waals surface area contributed by atoms with Crippen molar-refractivity contribution >= 4 is 17.6 Å². The topological polar surface area (TPSA) is 92.5 Å². The van der Waals surface area contributed by atoms with Crippen LogP contribution in [0.3, 0.4) is 0 Å². The van der Waals surface area contributed by atoms with Crippen LogP contribution in [0.1, 0.15) is 23.9 Å². The van der Waals surface area contributed by atoms with Crippen molar-refractivity contribution in [3.05, 3.63) is 111 Å². The van der Waals surface area contributed by atoms with Crippen molar-refractivity contribution < 1.29 is 23.4 Å². The summed E-state index contributed by atoms with van der Waals surface area (Å²) in [6.07, 6.45) is 1.87. The molecule has 0 aliphatic heterocycles. The summed E-state index contributed by atoms with van der Waals surface area (Å²) in [4.78, 5) is 32.3. The van der Waals surface area contributed by atoms with Crippen LogP contribution in [0.15, 0.2) is 77.7 Å². The molecule has 2 heterocycles. The number of ether oxygens (including phenoxy) is 3. The summed E-state index contributed by atoms with van der Waals surface area (Å²) < 4.78 is 30.9. The summed E-state index contributed by atoms with van der Waals surface area (Å²) in [7, 11) is 0. The maximum Gasteiger partial charge on any atom is 0.344 e. The van der Waals surface area contributed by atoms with Crippen molar-refractivity contribution in [3.63, 3.8) is 0 Å². The smallest absolute Gasteiger partial charge is 0.344 e. The maximum atomic E-state index is 13.3. The number of pyridine rings is 1. The highest BCUT2D eigenvalue weighted by atomic mass is 35.5. The van der Waals surface area contributed by atoms with E-state index in [0.29, 0.717) is 29.6 Å². The Morgan fingerprint density at radius 3 is 2.43 bits per heavy atom. The van der Waals surface area contributed by atoms with Crippen LogP contribution < -0.4 is 15.0 Å². The van der Waals surface area contributed by atoms with Gasteiger partial charge >= 0.3 is 11.5 Å². The van der Waals surface area contributed by atoms with Crippen LogP contribution in [0.25, 0.3) is 0 Å². The van der Waals surface area contributed by atoms with Crippen molar-refractivity contribution in [2.75, 3.05) is 13.2 Å². The van der Waals surface area contributed by atoms with E-state index in [9.17, 15) is 14.0 Å². The Morgan fingerprint density at radius 1 is 1.00 bits per heavy atom. The van der Waals surface area contributed by atoms with E-state index in [1.165, 1.54) is 18.3 Å². The van der Waals surface area contributed by atoms with Crippen LogP contribution >= 0.6 is 11.6 Å². The van der Waals surface area contributed by atoms with Crippen LogP contribution in [0.5, 0.6) is 17.4 Å². The van der Waals surface area contributed by atoms with Crippen molar-refractivity contribution in [1.29, 1.82) is 0 Å². The third-order valence-corrected chi connectivity index (χ3v) is 5.41. The number of hydrogen-bond donors (Lipinski definition) is 0. The molecule has 37 heavy (non-hydrogen) atoms. The molecular weight excluding hydrogens is 501 g/mol. The lowest BCUT2D eigenvalue weighted by atomic mass is 10.1. The number of aromatic nitrogens is 3. The van der Waals surface area contributed by atoms with Gasteiger partial charge in [0.1, 0.15) is 11.6 Å². The lowest BCUT2D eigenvalue weighted by molar-refractivity contribution is -0.145. The first-order valence-electron chi connectivity index (χ1n) is 11.4. The third-order valence-electron chi connectivity index (χ3n) is 5.16. The highest BCUT2D eigenvalue weighted by Gasteiger charge is 2.13. The summed E-state index contributed by atoms with van der Waals surface area (Å²) in [5.41, 5.74) is 1.19. The van der Waals surface area contributed by atoms with E-state index in [1.54, 1.807) is 41.8 Å². The van der Waals surface area contributed by atoms with E-state index in [1.807, 2.05) is 24.3 Å². The summed E-state index contributed by atoms with van der Waals surface area (Å²) in [5.74, 6) is -0.152. The second-order valence-electron chi connectivity index (χ2n) is 7.90. The molecule has 0 amide bonds. The number of halogens is 2. The second-order valence-corrected chi connectivity index (χ2v) is 8.33. The maximum absolute atomic E-state index is 13.3. The van der Waals surface area contributed by atoms with Crippen molar-refractivity contribution in [2.45, 2.75) is 19.9 Å². The van der Waals surface area contributed by atoms with Crippen LogP contribution in [0.2, 0.25) is 5.02 Å².